The molecule has 2 amide bonds. The molecule has 2 aliphatic carbocycles. The van der Waals surface area contributed by atoms with Crippen LogP contribution in [-0.2, 0) is 20.9 Å². The Labute approximate surface area is 337 Å². The van der Waals surface area contributed by atoms with Gasteiger partial charge in [-0.15, -0.1) is 13.2 Å². The molecule has 0 spiro atoms. The van der Waals surface area contributed by atoms with Crippen molar-refractivity contribution in [2.45, 2.75) is 102 Å². The van der Waals surface area contributed by atoms with Crippen LogP contribution in [0.2, 0.25) is 0 Å². The number of aliphatic hydroxyl groups is 2. The number of carbonyl (C=O) groups excluding carboxylic acids is 2. The van der Waals surface area contributed by atoms with Crippen LogP contribution in [0.5, 0.6) is 11.5 Å². The first-order valence-electron chi connectivity index (χ1n) is 20.2. The zero-order chi connectivity index (χ0) is 41.0. The van der Waals surface area contributed by atoms with E-state index < -0.39 is 35.5 Å². The number of benzene rings is 2. The van der Waals surface area contributed by atoms with Crippen molar-refractivity contribution in [2.75, 3.05) is 33.5 Å². The number of nitrogens with zero attached hydrogens (tertiary/aromatic N) is 2. The molecule has 12 nitrogen and oxygen atoms in total. The smallest absolute Gasteiger partial charge is 0.412 e. The summed E-state index contributed by atoms with van der Waals surface area (Å²) in [4.78, 5) is 34.6. The van der Waals surface area contributed by atoms with Crippen molar-refractivity contribution in [3.8, 4) is 11.5 Å². The molecule has 3 aliphatic rings. The van der Waals surface area contributed by atoms with Crippen molar-refractivity contribution in [3.63, 3.8) is 0 Å². The number of likely N-dealkylation sites (N-methyl/N-ethyl adjacent to an activating group) is 1. The third-order valence-electron chi connectivity index (χ3n) is 10.9. The van der Waals surface area contributed by atoms with Crippen LogP contribution < -0.4 is 14.8 Å². The van der Waals surface area contributed by atoms with Gasteiger partial charge in [0.15, 0.2) is 0 Å². The average molecular weight is 788 g/mol. The maximum absolute atomic E-state index is 13.8. The molecule has 6 unspecified atom stereocenters. The van der Waals surface area contributed by atoms with Crippen LogP contribution in [0.4, 0.5) is 9.59 Å². The van der Waals surface area contributed by atoms with E-state index in [1.807, 2.05) is 57.2 Å². The van der Waals surface area contributed by atoms with Gasteiger partial charge in [0.1, 0.15) is 23.1 Å². The number of fused-ring (bicyclic) bond motifs is 2. The Balaban J connectivity index is 1.68. The molecule has 3 N–H and O–H groups in total. The van der Waals surface area contributed by atoms with Crippen molar-refractivity contribution in [3.05, 3.63) is 96.6 Å². The molecule has 1 fully saturated rings. The van der Waals surface area contributed by atoms with Crippen LogP contribution >= 0.6 is 0 Å². The van der Waals surface area contributed by atoms with Gasteiger partial charge in [0.2, 0.25) is 5.79 Å². The lowest BCUT2D eigenvalue weighted by Gasteiger charge is -2.59. The normalized spacial score (nSPS) is 24.2. The Morgan fingerprint density at radius 3 is 2.46 bits per heavy atom. The number of hydrogen-bond acceptors (Lipinski definition) is 10. The molecular weight excluding hydrogens is 727 g/mol. The molecule has 5 rings (SSSR count). The summed E-state index contributed by atoms with van der Waals surface area (Å²) in [5, 5.41) is 27.3. The minimum absolute atomic E-state index is 0.00823. The molecule has 1 aliphatic heterocycles. The van der Waals surface area contributed by atoms with Crippen LogP contribution in [-0.4, -0.2) is 83.9 Å². The molecule has 1 heterocycles. The minimum Gasteiger partial charge on any atom is -0.459 e. The number of ether oxygens (including phenoxy) is 4. The Morgan fingerprint density at radius 1 is 1.04 bits per heavy atom. The third kappa shape index (κ3) is 10.7. The summed E-state index contributed by atoms with van der Waals surface area (Å²) in [7, 11) is 1.69. The SMILES string of the molecule is C=CCCOC(=O)N(C)C1CC(=NOC(C)(C)C)C2=CC(CCCCO)C(CCCCO)C3c4cc(OC(=O)NCc5ccccc5)ccc4OC1(OCC=C)C23. The predicted octanol–water partition coefficient (Wildman–Crippen LogP) is 8.05. The van der Waals surface area contributed by atoms with E-state index in [-0.39, 0.29) is 50.6 Å². The summed E-state index contributed by atoms with van der Waals surface area (Å²) in [6.07, 6.45) is 9.69. The van der Waals surface area contributed by atoms with Crippen molar-refractivity contribution in [1.29, 1.82) is 0 Å². The van der Waals surface area contributed by atoms with Crippen LogP contribution in [0, 0.1) is 17.8 Å². The topological polar surface area (TPSA) is 148 Å². The van der Waals surface area contributed by atoms with E-state index >= 15 is 0 Å². The standard InChI is InChI=1S/C45H61N3O9/c1-7-9-26-53-43(52)48(6)39-29-37(47-57-44(3,4)5)35-27-32(19-13-15-23-49)34(20-14-16-24-50)40-36-28-33(55-42(51)46-30-31-17-11-10-12-18-31)21-22-38(36)56-45(39,41(35)40)54-25-8-2/h7-8,10-12,17-18,21-22,27-28,32,34,39-41,49-50H,1-2,9,13-16,19-20,23-26,29-30H2,3-6H3,(H,46,51). The molecule has 2 aromatic rings. The van der Waals surface area contributed by atoms with Crippen LogP contribution in [0.15, 0.2) is 90.6 Å². The number of rotatable bonds is 19. The van der Waals surface area contributed by atoms with Gasteiger partial charge in [0.25, 0.3) is 0 Å². The van der Waals surface area contributed by atoms with Gasteiger partial charge in [-0.25, -0.2) is 9.59 Å². The molecule has 0 radical (unpaired) electrons. The number of carbonyl (C=O) groups is 2. The lowest BCUT2D eigenvalue weighted by Crippen LogP contribution is -2.69. The second-order valence-electron chi connectivity index (χ2n) is 16.0. The number of unbranched alkanes of at least 4 members (excludes halogenated alkanes) is 2. The summed E-state index contributed by atoms with van der Waals surface area (Å²) in [6, 6.07) is 14.3. The van der Waals surface area contributed by atoms with Crippen LogP contribution in [0.1, 0.15) is 89.2 Å². The predicted molar refractivity (Wildman–Crippen MR) is 219 cm³/mol. The summed E-state index contributed by atoms with van der Waals surface area (Å²) >= 11 is 0. The average Bonchev–Trinajstić information content (AvgIpc) is 3.19. The van der Waals surface area contributed by atoms with E-state index in [1.165, 1.54) is 0 Å². The largest absolute Gasteiger partial charge is 0.459 e. The lowest BCUT2D eigenvalue weighted by molar-refractivity contribution is -0.253. The number of nitrogens with one attached hydrogen (secondary N) is 1. The van der Waals surface area contributed by atoms with E-state index in [0.717, 1.165) is 42.4 Å². The van der Waals surface area contributed by atoms with Crippen molar-refractivity contribution in [1.82, 2.24) is 10.2 Å². The fraction of sp³-hybridized carbons (Fsp3) is 0.533. The fourth-order valence-corrected chi connectivity index (χ4v) is 8.36. The molecule has 0 saturated heterocycles. The quantitative estimate of drug-likeness (QED) is 0.0731. The zero-order valence-electron chi connectivity index (χ0n) is 34.0. The van der Waals surface area contributed by atoms with E-state index in [2.05, 4.69) is 24.6 Å². The number of hydrogen-bond donors (Lipinski definition) is 3. The molecule has 57 heavy (non-hydrogen) atoms. The lowest BCUT2D eigenvalue weighted by atomic mass is 9.55. The van der Waals surface area contributed by atoms with Crippen LogP contribution in [0.25, 0.3) is 0 Å². The highest BCUT2D eigenvalue weighted by Gasteiger charge is 2.65. The Bertz CT molecular complexity index is 1740. The second kappa shape index (κ2) is 20.2. The van der Waals surface area contributed by atoms with Gasteiger partial charge in [-0.05, 0) is 94.0 Å². The summed E-state index contributed by atoms with van der Waals surface area (Å²) in [5.41, 5.74) is 2.76. The first-order valence-corrected chi connectivity index (χ1v) is 20.2. The minimum atomic E-state index is -1.43. The maximum Gasteiger partial charge on any atom is 0.412 e. The third-order valence-corrected chi connectivity index (χ3v) is 10.9. The Hall–Kier alpha value is -4.65. The molecule has 6 atom stereocenters. The van der Waals surface area contributed by atoms with Crippen molar-refractivity contribution >= 4 is 17.9 Å². The van der Waals surface area contributed by atoms with E-state index in [1.54, 1.807) is 36.2 Å². The fourth-order valence-electron chi connectivity index (χ4n) is 8.36. The van der Waals surface area contributed by atoms with Gasteiger partial charge in [-0.1, -0.05) is 66.6 Å². The van der Waals surface area contributed by atoms with E-state index in [4.69, 9.17) is 28.9 Å². The van der Waals surface area contributed by atoms with Gasteiger partial charge >= 0.3 is 12.2 Å². The number of allylic oxidation sites excluding steroid dienone is 1. The van der Waals surface area contributed by atoms with Crippen LogP contribution in [0.3, 0.4) is 0 Å². The number of aliphatic hydroxyl groups excluding tert-OH is 2. The molecule has 2 aromatic carbocycles. The van der Waals surface area contributed by atoms with Gasteiger partial charge in [0.05, 0.1) is 24.8 Å². The molecule has 1 saturated carbocycles. The number of amides is 2. The monoisotopic (exact) mass is 787 g/mol. The van der Waals surface area contributed by atoms with E-state index in [0.29, 0.717) is 43.0 Å². The second-order valence-corrected chi connectivity index (χ2v) is 16.0. The zero-order valence-corrected chi connectivity index (χ0v) is 34.0. The molecule has 0 aromatic heterocycles. The number of oxime groups is 1. The first kappa shape index (κ1) is 43.5. The van der Waals surface area contributed by atoms with Gasteiger partial charge in [0, 0.05) is 44.7 Å². The molecule has 0 bridgehead atoms. The van der Waals surface area contributed by atoms with E-state index in [9.17, 15) is 19.8 Å². The van der Waals surface area contributed by atoms with Crippen molar-refractivity contribution in [2.24, 2.45) is 22.9 Å². The molecule has 12 heteroatoms. The molecular formula is C45H61N3O9. The van der Waals surface area contributed by atoms with Gasteiger partial charge in [-0.3, -0.25) is 0 Å². The molecule has 310 valence electrons. The first-order chi connectivity index (χ1) is 27.5. The Kier molecular flexibility index (Phi) is 15.4. The van der Waals surface area contributed by atoms with Gasteiger partial charge in [-0.2, -0.15) is 0 Å². The maximum atomic E-state index is 13.8. The highest BCUT2D eigenvalue weighted by molar-refractivity contribution is 6.03. The summed E-state index contributed by atoms with van der Waals surface area (Å²) in [6.45, 7) is 14.3. The summed E-state index contributed by atoms with van der Waals surface area (Å²) in [5.74, 6) is -1.26. The highest BCUT2D eigenvalue weighted by Crippen LogP contribution is 2.61. The summed E-state index contributed by atoms with van der Waals surface area (Å²) < 4.78 is 25.6. The highest BCUT2D eigenvalue weighted by atomic mass is 16.7. The Morgan fingerprint density at radius 2 is 1.77 bits per heavy atom. The van der Waals surface area contributed by atoms with Gasteiger partial charge < -0.3 is 44.2 Å². The van der Waals surface area contributed by atoms with Crippen molar-refractivity contribution < 1.29 is 43.6 Å².